The molecule has 5 nitrogen and oxygen atoms in total. The van der Waals surface area contributed by atoms with Crippen LogP contribution in [0.15, 0.2) is 24.8 Å². The molecule has 0 spiro atoms. The van der Waals surface area contributed by atoms with Crippen LogP contribution in [0.2, 0.25) is 0 Å². The molecule has 0 bridgehead atoms. The van der Waals surface area contributed by atoms with Crippen LogP contribution in [-0.4, -0.2) is 46.2 Å². The van der Waals surface area contributed by atoms with Crippen LogP contribution in [0.1, 0.15) is 26.2 Å². The molecule has 0 aromatic carbocycles. The van der Waals surface area contributed by atoms with Gasteiger partial charge in [-0.1, -0.05) is 19.6 Å². The van der Waals surface area contributed by atoms with E-state index in [1.165, 1.54) is 0 Å². The summed E-state index contributed by atoms with van der Waals surface area (Å²) < 4.78 is 0. The number of hydrogen-bond acceptors (Lipinski definition) is 4. The van der Waals surface area contributed by atoms with E-state index in [0.29, 0.717) is 19.3 Å². The normalized spacial score (nSPS) is 10.2. The lowest BCUT2D eigenvalue weighted by Gasteiger charge is -2.24. The zero-order valence-electron chi connectivity index (χ0n) is 10.9. The molecule has 0 fully saturated rings. The van der Waals surface area contributed by atoms with Gasteiger partial charge in [-0.2, -0.15) is 0 Å². The molecule has 0 saturated carbocycles. The van der Waals surface area contributed by atoms with E-state index in [0.717, 1.165) is 0 Å². The molecule has 106 valence electrons. The van der Waals surface area contributed by atoms with Crippen molar-refractivity contribution >= 4 is 5.97 Å². The smallest absolute Gasteiger partial charge is 0.330 e. The molecule has 0 amide bonds. The van der Waals surface area contributed by atoms with Gasteiger partial charge in [0.2, 0.25) is 0 Å². The Balaban J connectivity index is 0. The van der Waals surface area contributed by atoms with Crippen molar-refractivity contribution in [2.45, 2.75) is 26.2 Å². The summed E-state index contributed by atoms with van der Waals surface area (Å²) in [6, 6.07) is 0. The number of carboxylic acid groups (broad SMARTS) is 1. The molecule has 0 heterocycles. The number of allylic oxidation sites excluding steroid dienone is 1. The third-order valence-electron chi connectivity index (χ3n) is 2.71. The molecule has 0 atom stereocenters. The second-order valence-corrected chi connectivity index (χ2v) is 4.06. The lowest BCUT2D eigenvalue weighted by molar-refractivity contribution is -0.132. The predicted octanol–water partition coefficient (Wildman–Crippen LogP) is 0.953. The Bertz CT molecular complexity index is 239. The largest absolute Gasteiger partial charge is 0.478 e. The number of aliphatic carboxylic acids is 1. The summed E-state index contributed by atoms with van der Waals surface area (Å²) in [7, 11) is 0. The van der Waals surface area contributed by atoms with Gasteiger partial charge in [0.25, 0.3) is 0 Å². The van der Waals surface area contributed by atoms with Crippen LogP contribution < -0.4 is 0 Å². The van der Waals surface area contributed by atoms with Gasteiger partial charge in [-0.25, -0.2) is 4.79 Å². The van der Waals surface area contributed by atoms with Crippen molar-refractivity contribution in [3.05, 3.63) is 24.8 Å². The Morgan fingerprint density at radius 3 is 1.83 bits per heavy atom. The fraction of sp³-hybridized carbons (Fsp3) is 0.615. The Morgan fingerprint density at radius 1 is 1.22 bits per heavy atom. The summed E-state index contributed by atoms with van der Waals surface area (Å²) in [5, 5.41) is 34.2. The minimum absolute atomic E-state index is 0.156. The van der Waals surface area contributed by atoms with Crippen LogP contribution in [0.5, 0.6) is 0 Å². The molecular weight excluding hydrogens is 236 g/mol. The van der Waals surface area contributed by atoms with Gasteiger partial charge in [0.1, 0.15) is 0 Å². The lowest BCUT2D eigenvalue weighted by Crippen LogP contribution is -2.32. The lowest BCUT2D eigenvalue weighted by atomic mass is 9.88. The van der Waals surface area contributed by atoms with Gasteiger partial charge in [-0.05, 0) is 19.3 Å². The molecule has 5 heteroatoms. The highest BCUT2D eigenvalue weighted by molar-refractivity contribution is 5.85. The van der Waals surface area contributed by atoms with Crippen LogP contribution >= 0.6 is 0 Å². The van der Waals surface area contributed by atoms with E-state index < -0.39 is 11.4 Å². The van der Waals surface area contributed by atoms with E-state index in [1.54, 1.807) is 6.08 Å². The molecule has 0 aromatic rings. The van der Waals surface area contributed by atoms with Gasteiger partial charge in [0, 0.05) is 11.0 Å². The summed E-state index contributed by atoms with van der Waals surface area (Å²) in [6.45, 7) is 8.16. The number of aliphatic hydroxyl groups excluding tert-OH is 3. The number of carboxylic acids is 1. The van der Waals surface area contributed by atoms with Gasteiger partial charge in [0.15, 0.2) is 0 Å². The predicted molar refractivity (Wildman–Crippen MR) is 70.2 cm³/mol. The Hall–Kier alpha value is -1.17. The summed E-state index contributed by atoms with van der Waals surface area (Å²) in [6.07, 6.45) is 3.45. The zero-order valence-corrected chi connectivity index (χ0v) is 10.9. The number of rotatable bonds is 8. The third-order valence-corrected chi connectivity index (χ3v) is 2.71. The maximum Gasteiger partial charge on any atom is 0.330 e. The first-order valence-corrected chi connectivity index (χ1v) is 5.77. The standard InChI is InChI=1S/C7H10O2.C6H14O3/c1-3-4-5-6(2)7(8)9;1-2-6(3-7,4-8)5-9/h3H,1-2,4-5H2,(H,8,9);7-9H,2-5H2,1H3. The Morgan fingerprint density at radius 2 is 1.67 bits per heavy atom. The maximum atomic E-state index is 10.1. The molecule has 0 aliphatic carbocycles. The minimum Gasteiger partial charge on any atom is -0.478 e. The van der Waals surface area contributed by atoms with Crippen molar-refractivity contribution in [1.29, 1.82) is 0 Å². The van der Waals surface area contributed by atoms with Crippen LogP contribution in [0.25, 0.3) is 0 Å². The highest BCUT2D eigenvalue weighted by Gasteiger charge is 2.24. The van der Waals surface area contributed by atoms with Crippen molar-refractivity contribution in [3.8, 4) is 0 Å². The summed E-state index contributed by atoms with van der Waals surface area (Å²) >= 11 is 0. The topological polar surface area (TPSA) is 98.0 Å². The maximum absolute atomic E-state index is 10.1. The number of hydrogen-bond donors (Lipinski definition) is 4. The summed E-state index contributed by atoms with van der Waals surface area (Å²) in [5.74, 6) is -0.920. The molecule has 0 aromatic heterocycles. The third kappa shape index (κ3) is 8.00. The monoisotopic (exact) mass is 260 g/mol. The molecule has 0 aliphatic rings. The van der Waals surface area contributed by atoms with Crippen molar-refractivity contribution in [3.63, 3.8) is 0 Å². The number of aliphatic hydroxyl groups is 3. The Labute approximate surface area is 108 Å². The first kappa shape index (κ1) is 19.2. The molecule has 4 N–H and O–H groups in total. The van der Waals surface area contributed by atoms with E-state index in [1.807, 2.05) is 6.92 Å². The SMILES string of the molecule is C=CCCC(=C)C(=O)O.CCC(CO)(CO)CO. The van der Waals surface area contributed by atoms with Crippen LogP contribution in [0, 0.1) is 5.41 Å². The van der Waals surface area contributed by atoms with Crippen LogP contribution in [-0.2, 0) is 4.79 Å². The first-order valence-electron chi connectivity index (χ1n) is 5.77. The molecule has 18 heavy (non-hydrogen) atoms. The second kappa shape index (κ2) is 11.0. The van der Waals surface area contributed by atoms with E-state index in [4.69, 9.17) is 20.4 Å². The van der Waals surface area contributed by atoms with E-state index in [-0.39, 0.29) is 25.4 Å². The highest BCUT2D eigenvalue weighted by atomic mass is 16.4. The van der Waals surface area contributed by atoms with E-state index in [9.17, 15) is 4.79 Å². The first-order chi connectivity index (χ1) is 8.42. The quantitative estimate of drug-likeness (QED) is 0.385. The van der Waals surface area contributed by atoms with E-state index in [2.05, 4.69) is 13.2 Å². The second-order valence-electron chi connectivity index (χ2n) is 4.06. The highest BCUT2D eigenvalue weighted by Crippen LogP contribution is 2.18. The van der Waals surface area contributed by atoms with Gasteiger partial charge >= 0.3 is 5.97 Å². The molecule has 0 unspecified atom stereocenters. The van der Waals surface area contributed by atoms with E-state index >= 15 is 0 Å². The van der Waals surface area contributed by atoms with Crippen molar-refractivity contribution < 1.29 is 25.2 Å². The Kier molecular flexibility index (Phi) is 11.7. The molecular formula is C13H24O5. The van der Waals surface area contributed by atoms with Gasteiger partial charge in [-0.15, -0.1) is 6.58 Å². The molecule has 0 rings (SSSR count). The van der Waals surface area contributed by atoms with Gasteiger partial charge in [-0.3, -0.25) is 0 Å². The van der Waals surface area contributed by atoms with Crippen molar-refractivity contribution in [2.75, 3.05) is 19.8 Å². The van der Waals surface area contributed by atoms with Crippen molar-refractivity contribution in [1.82, 2.24) is 0 Å². The van der Waals surface area contributed by atoms with Gasteiger partial charge in [0.05, 0.1) is 19.8 Å². The molecule has 0 aliphatic heterocycles. The average molecular weight is 260 g/mol. The van der Waals surface area contributed by atoms with Crippen LogP contribution in [0.4, 0.5) is 0 Å². The molecule has 0 radical (unpaired) electrons. The summed E-state index contributed by atoms with van der Waals surface area (Å²) in [4.78, 5) is 10.1. The number of carbonyl (C=O) groups is 1. The average Bonchev–Trinajstić information content (AvgIpc) is 2.40. The van der Waals surface area contributed by atoms with Gasteiger partial charge < -0.3 is 20.4 Å². The van der Waals surface area contributed by atoms with Crippen molar-refractivity contribution in [2.24, 2.45) is 5.41 Å². The summed E-state index contributed by atoms with van der Waals surface area (Å²) in [5.41, 5.74) is -0.421. The molecule has 0 saturated heterocycles. The zero-order chi connectivity index (χ0) is 14.6. The fourth-order valence-corrected chi connectivity index (χ4v) is 0.869. The fourth-order valence-electron chi connectivity index (χ4n) is 0.869. The van der Waals surface area contributed by atoms with Crippen LogP contribution in [0.3, 0.4) is 0 Å². The minimum atomic E-state index is -0.920.